The summed E-state index contributed by atoms with van der Waals surface area (Å²) in [7, 11) is 0. The first-order valence-electron chi connectivity index (χ1n) is 6.21. The van der Waals surface area contributed by atoms with Crippen molar-refractivity contribution in [3.63, 3.8) is 0 Å². The predicted octanol–water partition coefficient (Wildman–Crippen LogP) is 4.30. The topological polar surface area (TPSA) is 43.8 Å². The summed E-state index contributed by atoms with van der Waals surface area (Å²) < 4.78 is 1.99. The van der Waals surface area contributed by atoms with Gasteiger partial charge in [-0.25, -0.2) is 0 Å². The number of halogens is 1. The van der Waals surface area contributed by atoms with Gasteiger partial charge in [0, 0.05) is 16.8 Å². The summed E-state index contributed by atoms with van der Waals surface area (Å²) in [5.74, 6) is 0.860. The summed E-state index contributed by atoms with van der Waals surface area (Å²) in [4.78, 5) is 0. The second-order valence-corrected chi connectivity index (χ2v) is 6.16. The van der Waals surface area contributed by atoms with Gasteiger partial charge in [0.2, 0.25) is 0 Å². The average Bonchev–Trinajstić information content (AvgIpc) is 2.66. The Kier molecular flexibility index (Phi) is 4.42. The second kappa shape index (κ2) is 5.88. The van der Waals surface area contributed by atoms with Crippen molar-refractivity contribution in [2.45, 2.75) is 37.6 Å². The molecule has 1 aromatic carbocycles. The number of anilines is 1. The zero-order valence-corrected chi connectivity index (χ0v) is 12.9. The van der Waals surface area contributed by atoms with Gasteiger partial charge in [-0.2, -0.15) is 5.10 Å². The molecule has 102 valence electrons. The van der Waals surface area contributed by atoms with Gasteiger partial charge in [-0.3, -0.25) is 4.68 Å². The summed E-state index contributed by atoms with van der Waals surface area (Å²) in [6, 6.07) is 8.20. The first-order chi connectivity index (χ1) is 8.99. The molecule has 0 saturated heterocycles. The summed E-state index contributed by atoms with van der Waals surface area (Å²) in [6.45, 7) is 6.16. The largest absolute Gasteiger partial charge is 0.395 e. The summed E-state index contributed by atoms with van der Waals surface area (Å²) in [5.41, 5.74) is 9.01. The van der Waals surface area contributed by atoms with E-state index in [4.69, 9.17) is 17.3 Å². The molecule has 0 bridgehead atoms. The lowest BCUT2D eigenvalue weighted by molar-refractivity contribution is 0.491. The molecular weight excluding hydrogens is 278 g/mol. The van der Waals surface area contributed by atoms with E-state index in [9.17, 15) is 0 Å². The van der Waals surface area contributed by atoms with Crippen LogP contribution < -0.4 is 5.73 Å². The van der Waals surface area contributed by atoms with Crippen LogP contribution in [0, 0.1) is 6.92 Å². The monoisotopic (exact) mass is 295 g/mol. The minimum absolute atomic E-state index is 0.309. The highest BCUT2D eigenvalue weighted by molar-refractivity contribution is 7.98. The molecule has 5 heteroatoms. The SMILES string of the molecule is Cc1nn(C(C)C)c(SCc2ccc(Cl)cc2)c1N. The Morgan fingerprint density at radius 2 is 1.95 bits per heavy atom. The molecule has 0 amide bonds. The van der Waals surface area contributed by atoms with Crippen LogP contribution in [0.2, 0.25) is 5.02 Å². The van der Waals surface area contributed by atoms with Gasteiger partial charge in [0.05, 0.1) is 11.4 Å². The van der Waals surface area contributed by atoms with E-state index in [0.29, 0.717) is 6.04 Å². The number of nitrogens with two attached hydrogens (primary N) is 1. The lowest BCUT2D eigenvalue weighted by Crippen LogP contribution is -2.05. The van der Waals surface area contributed by atoms with Gasteiger partial charge in [-0.1, -0.05) is 35.5 Å². The number of thioether (sulfide) groups is 1. The van der Waals surface area contributed by atoms with Crippen LogP contribution >= 0.6 is 23.4 Å². The molecule has 0 unspecified atom stereocenters. The first kappa shape index (κ1) is 14.3. The fourth-order valence-electron chi connectivity index (χ4n) is 1.77. The van der Waals surface area contributed by atoms with Crippen molar-refractivity contribution in [1.29, 1.82) is 0 Å². The molecule has 0 spiro atoms. The number of aromatic nitrogens is 2. The van der Waals surface area contributed by atoms with Crippen LogP contribution in [0.5, 0.6) is 0 Å². The molecule has 2 aromatic rings. The Morgan fingerprint density at radius 3 is 2.53 bits per heavy atom. The highest BCUT2D eigenvalue weighted by Crippen LogP contribution is 2.32. The quantitative estimate of drug-likeness (QED) is 0.855. The lowest BCUT2D eigenvalue weighted by atomic mass is 10.2. The van der Waals surface area contributed by atoms with Crippen LogP contribution in [-0.4, -0.2) is 9.78 Å². The van der Waals surface area contributed by atoms with Crippen molar-refractivity contribution >= 4 is 29.1 Å². The van der Waals surface area contributed by atoms with Crippen molar-refractivity contribution in [2.24, 2.45) is 0 Å². The van der Waals surface area contributed by atoms with E-state index in [0.717, 1.165) is 27.2 Å². The molecule has 1 heterocycles. The molecule has 19 heavy (non-hydrogen) atoms. The van der Waals surface area contributed by atoms with Gasteiger partial charge in [0.15, 0.2) is 0 Å². The fourth-order valence-corrected chi connectivity index (χ4v) is 3.07. The molecule has 0 aliphatic carbocycles. The fraction of sp³-hybridized carbons (Fsp3) is 0.357. The van der Waals surface area contributed by atoms with Crippen molar-refractivity contribution in [1.82, 2.24) is 9.78 Å². The van der Waals surface area contributed by atoms with Crippen LogP contribution in [0.3, 0.4) is 0 Å². The molecule has 0 atom stereocenters. The third kappa shape index (κ3) is 3.25. The minimum atomic E-state index is 0.309. The Hall–Kier alpha value is -1.13. The maximum Gasteiger partial charge on any atom is 0.118 e. The van der Waals surface area contributed by atoms with E-state index in [-0.39, 0.29) is 0 Å². The number of rotatable bonds is 4. The number of nitrogen functional groups attached to an aromatic ring is 1. The summed E-state index contributed by atoms with van der Waals surface area (Å²) in [6.07, 6.45) is 0. The third-order valence-electron chi connectivity index (χ3n) is 2.86. The molecule has 1 aromatic heterocycles. The van der Waals surface area contributed by atoms with E-state index < -0.39 is 0 Å². The van der Waals surface area contributed by atoms with E-state index >= 15 is 0 Å². The highest BCUT2D eigenvalue weighted by Gasteiger charge is 2.15. The van der Waals surface area contributed by atoms with Crippen molar-refractivity contribution in [2.75, 3.05) is 5.73 Å². The van der Waals surface area contributed by atoms with E-state index in [2.05, 4.69) is 18.9 Å². The molecular formula is C14H18ClN3S. The third-order valence-corrected chi connectivity index (χ3v) is 4.27. The molecule has 3 nitrogen and oxygen atoms in total. The van der Waals surface area contributed by atoms with Crippen LogP contribution in [-0.2, 0) is 5.75 Å². The summed E-state index contributed by atoms with van der Waals surface area (Å²) in [5, 5.41) is 6.29. The van der Waals surface area contributed by atoms with Crippen LogP contribution in [0.1, 0.15) is 31.1 Å². The first-order valence-corrected chi connectivity index (χ1v) is 7.57. The Bertz CT molecular complexity index is 561. The Balaban J connectivity index is 2.17. The normalized spacial score (nSPS) is 11.2. The maximum atomic E-state index is 6.10. The number of nitrogens with zero attached hydrogens (tertiary/aromatic N) is 2. The van der Waals surface area contributed by atoms with Crippen LogP contribution in [0.15, 0.2) is 29.3 Å². The summed E-state index contributed by atoms with van der Waals surface area (Å²) >= 11 is 7.60. The molecule has 0 saturated carbocycles. The molecule has 0 radical (unpaired) electrons. The standard InChI is InChI=1S/C14H18ClN3S/c1-9(2)18-14(13(16)10(3)17-18)19-8-11-4-6-12(15)7-5-11/h4-7,9H,8,16H2,1-3H3. The van der Waals surface area contributed by atoms with Crippen LogP contribution in [0.4, 0.5) is 5.69 Å². The number of hydrogen-bond donors (Lipinski definition) is 1. The smallest absolute Gasteiger partial charge is 0.118 e. The van der Waals surface area contributed by atoms with Gasteiger partial charge >= 0.3 is 0 Å². The van der Waals surface area contributed by atoms with Crippen LogP contribution in [0.25, 0.3) is 0 Å². The molecule has 0 aliphatic rings. The second-order valence-electron chi connectivity index (χ2n) is 4.76. The van der Waals surface area contributed by atoms with E-state index in [1.165, 1.54) is 5.56 Å². The molecule has 0 fully saturated rings. The predicted molar refractivity (Wildman–Crippen MR) is 82.8 cm³/mol. The maximum absolute atomic E-state index is 6.10. The van der Waals surface area contributed by atoms with Gasteiger partial charge in [-0.05, 0) is 38.5 Å². The molecule has 2 rings (SSSR count). The Morgan fingerprint density at radius 1 is 1.32 bits per heavy atom. The van der Waals surface area contributed by atoms with Crippen molar-refractivity contribution in [3.8, 4) is 0 Å². The van der Waals surface area contributed by atoms with Gasteiger partial charge in [0.1, 0.15) is 5.03 Å². The molecule has 0 aliphatic heterocycles. The van der Waals surface area contributed by atoms with E-state index in [1.807, 2.05) is 35.9 Å². The molecule has 2 N–H and O–H groups in total. The number of benzene rings is 1. The van der Waals surface area contributed by atoms with Crippen molar-refractivity contribution in [3.05, 3.63) is 40.5 Å². The van der Waals surface area contributed by atoms with Gasteiger partial charge < -0.3 is 5.73 Å². The minimum Gasteiger partial charge on any atom is -0.395 e. The van der Waals surface area contributed by atoms with Gasteiger partial charge in [-0.15, -0.1) is 0 Å². The zero-order valence-electron chi connectivity index (χ0n) is 11.4. The highest BCUT2D eigenvalue weighted by atomic mass is 35.5. The average molecular weight is 296 g/mol. The van der Waals surface area contributed by atoms with Crippen molar-refractivity contribution < 1.29 is 0 Å². The Labute approximate surface area is 123 Å². The lowest BCUT2D eigenvalue weighted by Gasteiger charge is -2.11. The number of hydrogen-bond acceptors (Lipinski definition) is 3. The number of aryl methyl sites for hydroxylation is 1. The van der Waals surface area contributed by atoms with Gasteiger partial charge in [0.25, 0.3) is 0 Å². The van der Waals surface area contributed by atoms with E-state index in [1.54, 1.807) is 11.8 Å². The zero-order chi connectivity index (χ0) is 14.0.